The summed E-state index contributed by atoms with van der Waals surface area (Å²) in [5, 5.41) is 4.52. The molecular formula is C22H31NO2Si. The van der Waals surface area contributed by atoms with Gasteiger partial charge in [0.15, 0.2) is 0 Å². The van der Waals surface area contributed by atoms with Gasteiger partial charge in [-0.1, -0.05) is 78.9 Å². The van der Waals surface area contributed by atoms with Crippen molar-refractivity contribution in [3.05, 3.63) is 66.2 Å². The maximum absolute atomic E-state index is 12.4. The lowest BCUT2D eigenvalue weighted by Gasteiger charge is -2.34. The van der Waals surface area contributed by atoms with Crippen molar-refractivity contribution < 1.29 is 9.53 Å². The molecule has 0 heterocycles. The molecule has 2 aromatic rings. The molecule has 0 spiro atoms. The van der Waals surface area contributed by atoms with Crippen molar-refractivity contribution >= 4 is 19.4 Å². The van der Waals surface area contributed by atoms with Gasteiger partial charge in [0.1, 0.15) is 13.7 Å². The van der Waals surface area contributed by atoms with Crippen LogP contribution >= 0.6 is 0 Å². The van der Waals surface area contributed by atoms with Crippen LogP contribution in [0.15, 0.2) is 60.7 Å². The van der Waals surface area contributed by atoms with Crippen LogP contribution in [0.2, 0.25) is 13.1 Å². The van der Waals surface area contributed by atoms with Crippen LogP contribution in [0.4, 0.5) is 4.79 Å². The Morgan fingerprint density at radius 1 is 1.00 bits per heavy atom. The molecule has 0 aliphatic rings. The predicted molar refractivity (Wildman–Crippen MR) is 111 cm³/mol. The smallest absolute Gasteiger partial charge is 0.407 e. The summed E-state index contributed by atoms with van der Waals surface area (Å²) in [6, 6.07) is 21.0. The number of rotatable bonds is 6. The zero-order chi connectivity index (χ0) is 19.2. The molecular weight excluding hydrogens is 338 g/mol. The normalized spacial score (nSPS) is 13.1. The molecule has 0 bridgehead atoms. The van der Waals surface area contributed by atoms with Gasteiger partial charge in [0.2, 0.25) is 0 Å². The third-order valence-corrected chi connectivity index (χ3v) is 8.64. The van der Waals surface area contributed by atoms with E-state index in [9.17, 15) is 4.79 Å². The standard InChI is InChI=1S/C22H31NO2Si/c1-22(2,3)25-21(24)23-20(17-16-18-12-8-6-9-13-18)26(4,5)19-14-10-7-11-15-19/h6-15,20H,16-17H2,1-5H3,(H,23,24)/t20-/m0/s1. The fourth-order valence-electron chi connectivity index (χ4n) is 3.09. The highest BCUT2D eigenvalue weighted by molar-refractivity contribution is 6.91. The molecule has 1 amide bonds. The molecule has 0 saturated heterocycles. The topological polar surface area (TPSA) is 38.3 Å². The van der Waals surface area contributed by atoms with E-state index in [4.69, 9.17) is 4.74 Å². The summed E-state index contributed by atoms with van der Waals surface area (Å²) in [5.74, 6) is 0. The third-order valence-electron chi connectivity index (χ3n) is 4.64. The number of alkyl carbamates (subject to hydrolysis) is 1. The molecule has 26 heavy (non-hydrogen) atoms. The maximum atomic E-state index is 12.4. The summed E-state index contributed by atoms with van der Waals surface area (Å²) in [4.78, 5) is 12.4. The lowest BCUT2D eigenvalue weighted by molar-refractivity contribution is 0.0517. The second-order valence-corrected chi connectivity index (χ2v) is 13.0. The van der Waals surface area contributed by atoms with E-state index in [1.165, 1.54) is 10.8 Å². The fourth-order valence-corrected chi connectivity index (χ4v) is 5.89. The van der Waals surface area contributed by atoms with Gasteiger partial charge in [-0.25, -0.2) is 4.79 Å². The van der Waals surface area contributed by atoms with Crippen LogP contribution in [-0.4, -0.2) is 25.4 Å². The van der Waals surface area contributed by atoms with Crippen LogP contribution in [0, 0.1) is 0 Å². The van der Waals surface area contributed by atoms with Gasteiger partial charge in [-0.15, -0.1) is 0 Å². The Morgan fingerprint density at radius 3 is 2.08 bits per heavy atom. The first-order chi connectivity index (χ1) is 12.2. The lowest BCUT2D eigenvalue weighted by Crippen LogP contribution is -2.60. The quantitative estimate of drug-likeness (QED) is 0.752. The molecule has 1 N–H and O–H groups in total. The number of hydrogen-bond donors (Lipinski definition) is 1. The molecule has 0 fully saturated rings. The minimum Gasteiger partial charge on any atom is -0.444 e. The summed E-state index contributed by atoms with van der Waals surface area (Å²) in [7, 11) is -1.91. The average molecular weight is 370 g/mol. The Balaban J connectivity index is 2.18. The zero-order valence-corrected chi connectivity index (χ0v) is 17.6. The van der Waals surface area contributed by atoms with E-state index in [1.807, 2.05) is 32.9 Å². The fraction of sp³-hybridized carbons (Fsp3) is 0.409. The molecule has 3 nitrogen and oxygen atoms in total. The van der Waals surface area contributed by atoms with Crippen molar-refractivity contribution in [3.8, 4) is 0 Å². The van der Waals surface area contributed by atoms with Gasteiger partial charge in [-0.05, 0) is 39.2 Å². The van der Waals surface area contributed by atoms with Gasteiger partial charge < -0.3 is 10.1 Å². The Morgan fingerprint density at radius 2 is 1.54 bits per heavy atom. The van der Waals surface area contributed by atoms with Crippen molar-refractivity contribution in [2.45, 2.75) is 58.0 Å². The van der Waals surface area contributed by atoms with Crippen LogP contribution in [0.5, 0.6) is 0 Å². The highest BCUT2D eigenvalue weighted by Gasteiger charge is 2.35. The molecule has 2 rings (SSSR count). The Kier molecular flexibility index (Phi) is 6.65. The number of aryl methyl sites for hydroxylation is 1. The SMILES string of the molecule is CC(C)(C)OC(=O)N[C@H](CCc1ccccc1)[Si](C)(C)c1ccccc1. The molecule has 2 aromatic carbocycles. The van der Waals surface area contributed by atoms with Gasteiger partial charge in [0, 0.05) is 5.67 Å². The molecule has 0 radical (unpaired) electrons. The van der Waals surface area contributed by atoms with Crippen molar-refractivity contribution in [1.82, 2.24) is 5.32 Å². The van der Waals surface area contributed by atoms with Gasteiger partial charge in [0.05, 0.1) is 0 Å². The Labute approximate surface area is 158 Å². The van der Waals surface area contributed by atoms with Crippen LogP contribution in [0.3, 0.4) is 0 Å². The first-order valence-electron chi connectivity index (χ1n) is 9.27. The monoisotopic (exact) mass is 369 g/mol. The van der Waals surface area contributed by atoms with Crippen molar-refractivity contribution in [1.29, 1.82) is 0 Å². The second kappa shape index (κ2) is 8.54. The summed E-state index contributed by atoms with van der Waals surface area (Å²) in [6.45, 7) is 10.3. The lowest BCUT2D eigenvalue weighted by atomic mass is 10.1. The number of hydrogen-bond acceptors (Lipinski definition) is 2. The molecule has 0 unspecified atom stereocenters. The van der Waals surface area contributed by atoms with Crippen LogP contribution in [0.1, 0.15) is 32.8 Å². The van der Waals surface area contributed by atoms with Gasteiger partial charge >= 0.3 is 6.09 Å². The third kappa shape index (κ3) is 6.02. The number of amides is 1. The second-order valence-electron chi connectivity index (χ2n) is 8.31. The van der Waals surface area contributed by atoms with E-state index in [0.717, 1.165) is 12.8 Å². The number of nitrogens with one attached hydrogen (secondary N) is 1. The van der Waals surface area contributed by atoms with Gasteiger partial charge in [0.25, 0.3) is 0 Å². The summed E-state index contributed by atoms with van der Waals surface area (Å²) in [6.07, 6.45) is 1.51. The van der Waals surface area contributed by atoms with Gasteiger partial charge in [-0.3, -0.25) is 0 Å². The first-order valence-corrected chi connectivity index (χ1v) is 12.4. The van der Waals surface area contributed by atoms with E-state index in [0.29, 0.717) is 0 Å². The maximum Gasteiger partial charge on any atom is 0.407 e. The number of carbonyl (C=O) groups is 1. The number of ether oxygens (including phenoxy) is 1. The minimum absolute atomic E-state index is 0.0972. The molecule has 0 aromatic heterocycles. The summed E-state index contributed by atoms with van der Waals surface area (Å²) < 4.78 is 5.52. The predicted octanol–water partition coefficient (Wildman–Crippen LogP) is 4.67. The molecule has 0 saturated carbocycles. The zero-order valence-electron chi connectivity index (χ0n) is 16.6. The molecule has 4 heteroatoms. The molecule has 0 aliphatic heterocycles. The average Bonchev–Trinajstić information content (AvgIpc) is 2.58. The van der Waals surface area contributed by atoms with Crippen LogP contribution in [0.25, 0.3) is 0 Å². The summed E-state index contributed by atoms with van der Waals surface area (Å²) in [5.41, 5.74) is 0.897. The van der Waals surface area contributed by atoms with E-state index in [-0.39, 0.29) is 11.8 Å². The van der Waals surface area contributed by atoms with E-state index < -0.39 is 13.7 Å². The Hall–Kier alpha value is -2.07. The van der Waals surface area contributed by atoms with Crippen molar-refractivity contribution in [2.75, 3.05) is 0 Å². The molecule has 1 atom stereocenters. The van der Waals surface area contributed by atoms with Crippen molar-refractivity contribution in [2.24, 2.45) is 0 Å². The number of benzene rings is 2. The highest BCUT2D eigenvalue weighted by Crippen LogP contribution is 2.17. The van der Waals surface area contributed by atoms with E-state index in [2.05, 4.69) is 66.9 Å². The highest BCUT2D eigenvalue weighted by atomic mass is 28.3. The first kappa shape index (κ1) is 20.2. The molecule has 0 aliphatic carbocycles. The van der Waals surface area contributed by atoms with E-state index >= 15 is 0 Å². The molecule has 140 valence electrons. The van der Waals surface area contributed by atoms with Gasteiger partial charge in [-0.2, -0.15) is 0 Å². The number of carbonyl (C=O) groups excluding carboxylic acids is 1. The largest absolute Gasteiger partial charge is 0.444 e. The van der Waals surface area contributed by atoms with E-state index in [1.54, 1.807) is 0 Å². The minimum atomic E-state index is -1.91. The Bertz CT molecular complexity index is 693. The summed E-state index contributed by atoms with van der Waals surface area (Å²) >= 11 is 0. The van der Waals surface area contributed by atoms with Crippen LogP contribution in [-0.2, 0) is 11.2 Å². The van der Waals surface area contributed by atoms with Crippen molar-refractivity contribution in [3.63, 3.8) is 0 Å². The van der Waals surface area contributed by atoms with Crippen LogP contribution < -0.4 is 10.5 Å².